The number of amides is 1. The van der Waals surface area contributed by atoms with E-state index in [4.69, 9.17) is 0 Å². The zero-order chi connectivity index (χ0) is 12.5. The van der Waals surface area contributed by atoms with Gasteiger partial charge in [-0.2, -0.15) is 0 Å². The van der Waals surface area contributed by atoms with E-state index in [1.807, 2.05) is 0 Å². The van der Waals surface area contributed by atoms with Crippen LogP contribution in [0.4, 0.5) is 0 Å². The summed E-state index contributed by atoms with van der Waals surface area (Å²) in [7, 11) is 0.0804. The highest BCUT2D eigenvalue weighted by atomic mass is 32.2. The average Bonchev–Trinajstić information content (AvgIpc) is 2.39. The molecule has 0 aromatic heterocycles. The average molecular weight is 250 g/mol. The summed E-state index contributed by atoms with van der Waals surface area (Å²) >= 11 is 0. The predicted octanol–water partition coefficient (Wildman–Crippen LogP) is -1.14. The van der Waals surface area contributed by atoms with Gasteiger partial charge in [-0.3, -0.25) is 9.80 Å². The Bertz CT molecular complexity index is 366. The van der Waals surface area contributed by atoms with E-state index in [1.54, 1.807) is 21.0 Å². The normalized spacial score (nSPS) is 28.3. The maximum absolute atomic E-state index is 11.7. The first-order valence-electron chi connectivity index (χ1n) is 5.16. The van der Waals surface area contributed by atoms with Crippen LogP contribution in [0.2, 0.25) is 0 Å². The second-order valence-corrected chi connectivity index (χ2v) is 6.30. The number of hydrogen-bond donors (Lipinski definition) is 1. The molecular formula is C9H18N2O4S. The number of aliphatic hydroxyl groups excluding tert-OH is 1. The molecule has 94 valence electrons. The van der Waals surface area contributed by atoms with Crippen molar-refractivity contribution in [2.24, 2.45) is 0 Å². The summed E-state index contributed by atoms with van der Waals surface area (Å²) in [5.74, 6) is -0.622. The predicted molar refractivity (Wildman–Crippen MR) is 59.3 cm³/mol. The number of rotatable bonds is 3. The summed E-state index contributed by atoms with van der Waals surface area (Å²) < 4.78 is 22.7. The fourth-order valence-corrected chi connectivity index (χ4v) is 3.67. The standard InChI is InChI=1S/C9H18N2O4S/c1-4-9(13)11(10(2)3)7-5-16(14,15)6-8(7)12/h7-8,12H,4-6H2,1-3H3/t7-,8+/m1/s1. The fraction of sp³-hybridized carbons (Fsp3) is 0.889. The first-order chi connectivity index (χ1) is 7.28. The maximum atomic E-state index is 11.7. The van der Waals surface area contributed by atoms with Gasteiger partial charge in [-0.1, -0.05) is 6.92 Å². The molecule has 2 atom stereocenters. The van der Waals surface area contributed by atoms with E-state index in [0.717, 1.165) is 0 Å². The third kappa shape index (κ3) is 2.72. The first-order valence-corrected chi connectivity index (χ1v) is 6.98. The number of carbonyl (C=O) groups excluding carboxylic acids is 1. The molecule has 1 saturated heterocycles. The summed E-state index contributed by atoms with van der Waals surface area (Å²) in [4.78, 5) is 11.7. The van der Waals surface area contributed by atoms with Crippen LogP contribution in [0.3, 0.4) is 0 Å². The van der Waals surface area contributed by atoms with E-state index < -0.39 is 22.0 Å². The minimum atomic E-state index is -3.24. The smallest absolute Gasteiger partial charge is 0.236 e. The lowest BCUT2D eigenvalue weighted by Crippen LogP contribution is -2.53. The highest BCUT2D eigenvalue weighted by molar-refractivity contribution is 7.91. The summed E-state index contributed by atoms with van der Waals surface area (Å²) in [5.41, 5.74) is 0. The quantitative estimate of drug-likeness (QED) is 0.641. The summed E-state index contributed by atoms with van der Waals surface area (Å²) in [5, 5.41) is 12.5. The third-order valence-electron chi connectivity index (χ3n) is 2.60. The molecule has 6 nitrogen and oxygen atoms in total. The zero-order valence-corrected chi connectivity index (χ0v) is 10.6. The Hall–Kier alpha value is -0.660. The van der Waals surface area contributed by atoms with Gasteiger partial charge in [-0.05, 0) is 0 Å². The summed E-state index contributed by atoms with van der Waals surface area (Å²) in [6.45, 7) is 1.70. The Labute approximate surface area is 95.7 Å². The van der Waals surface area contributed by atoms with Crippen molar-refractivity contribution < 1.29 is 18.3 Å². The van der Waals surface area contributed by atoms with Crippen LogP contribution >= 0.6 is 0 Å². The lowest BCUT2D eigenvalue weighted by molar-refractivity contribution is -0.152. The van der Waals surface area contributed by atoms with Crippen molar-refractivity contribution in [3.8, 4) is 0 Å². The van der Waals surface area contributed by atoms with Gasteiger partial charge < -0.3 is 5.11 Å². The molecule has 1 aliphatic rings. The molecule has 0 spiro atoms. The number of hydrazine groups is 1. The Morgan fingerprint density at radius 1 is 1.38 bits per heavy atom. The SMILES string of the molecule is CCC(=O)N([C@@H]1CS(=O)(=O)C[C@@H]1O)N(C)C. The minimum Gasteiger partial charge on any atom is -0.390 e. The molecule has 0 aliphatic carbocycles. The second kappa shape index (κ2) is 4.68. The molecule has 0 bridgehead atoms. The molecule has 0 saturated carbocycles. The molecule has 1 rings (SSSR count). The van der Waals surface area contributed by atoms with Gasteiger partial charge in [0.2, 0.25) is 5.91 Å². The molecule has 1 amide bonds. The second-order valence-electron chi connectivity index (χ2n) is 4.15. The van der Waals surface area contributed by atoms with E-state index >= 15 is 0 Å². The van der Waals surface area contributed by atoms with Gasteiger partial charge in [-0.25, -0.2) is 13.4 Å². The number of sulfone groups is 1. The molecule has 16 heavy (non-hydrogen) atoms. The fourth-order valence-electron chi connectivity index (χ4n) is 1.91. The van der Waals surface area contributed by atoms with Crippen molar-refractivity contribution in [3.63, 3.8) is 0 Å². The van der Waals surface area contributed by atoms with Crippen molar-refractivity contribution in [2.75, 3.05) is 25.6 Å². The molecule has 0 unspecified atom stereocenters. The number of carbonyl (C=O) groups is 1. The number of hydrogen-bond acceptors (Lipinski definition) is 5. The molecule has 1 heterocycles. The largest absolute Gasteiger partial charge is 0.390 e. The highest BCUT2D eigenvalue weighted by Crippen LogP contribution is 2.19. The maximum Gasteiger partial charge on any atom is 0.236 e. The third-order valence-corrected chi connectivity index (χ3v) is 4.30. The van der Waals surface area contributed by atoms with E-state index in [-0.39, 0.29) is 23.8 Å². The topological polar surface area (TPSA) is 77.9 Å². The highest BCUT2D eigenvalue weighted by Gasteiger charge is 2.42. The number of nitrogens with zero attached hydrogens (tertiary/aromatic N) is 2. The van der Waals surface area contributed by atoms with E-state index in [2.05, 4.69) is 0 Å². The van der Waals surface area contributed by atoms with Crippen molar-refractivity contribution in [1.29, 1.82) is 0 Å². The van der Waals surface area contributed by atoms with Crippen LogP contribution in [0, 0.1) is 0 Å². The molecule has 0 aromatic rings. The van der Waals surface area contributed by atoms with Gasteiger partial charge in [0.25, 0.3) is 0 Å². The number of aliphatic hydroxyl groups is 1. The van der Waals surface area contributed by atoms with Crippen LogP contribution in [-0.4, -0.2) is 67.2 Å². The van der Waals surface area contributed by atoms with E-state index in [0.29, 0.717) is 0 Å². The molecule has 7 heteroatoms. The molecule has 1 fully saturated rings. The van der Waals surface area contributed by atoms with Crippen molar-refractivity contribution in [2.45, 2.75) is 25.5 Å². The Kier molecular flexibility index (Phi) is 3.92. The van der Waals surface area contributed by atoms with Crippen molar-refractivity contribution >= 4 is 15.7 Å². The molecule has 1 aliphatic heterocycles. The van der Waals surface area contributed by atoms with E-state index in [1.165, 1.54) is 10.0 Å². The van der Waals surface area contributed by atoms with Gasteiger partial charge in [0.15, 0.2) is 9.84 Å². The van der Waals surface area contributed by atoms with Gasteiger partial charge >= 0.3 is 0 Å². The van der Waals surface area contributed by atoms with Crippen LogP contribution in [0.25, 0.3) is 0 Å². The minimum absolute atomic E-state index is 0.169. The summed E-state index contributed by atoms with van der Waals surface area (Å²) in [6, 6.07) is -0.660. The molecular weight excluding hydrogens is 232 g/mol. The lowest BCUT2D eigenvalue weighted by Gasteiger charge is -2.35. The van der Waals surface area contributed by atoms with Crippen molar-refractivity contribution in [3.05, 3.63) is 0 Å². The Morgan fingerprint density at radius 2 is 1.94 bits per heavy atom. The zero-order valence-electron chi connectivity index (χ0n) is 9.75. The van der Waals surface area contributed by atoms with Crippen LogP contribution < -0.4 is 0 Å². The van der Waals surface area contributed by atoms with E-state index in [9.17, 15) is 18.3 Å². The van der Waals surface area contributed by atoms with Gasteiger partial charge in [0.05, 0.1) is 23.7 Å². The van der Waals surface area contributed by atoms with Crippen LogP contribution in [0.1, 0.15) is 13.3 Å². The van der Waals surface area contributed by atoms with Gasteiger partial charge in [0.1, 0.15) is 0 Å². The lowest BCUT2D eigenvalue weighted by atomic mass is 10.2. The monoisotopic (exact) mass is 250 g/mol. The van der Waals surface area contributed by atoms with Crippen molar-refractivity contribution in [1.82, 2.24) is 10.0 Å². The Balaban J connectivity index is 2.93. The Morgan fingerprint density at radius 3 is 2.25 bits per heavy atom. The van der Waals surface area contributed by atoms with Crippen LogP contribution in [0.5, 0.6) is 0 Å². The van der Waals surface area contributed by atoms with Gasteiger partial charge in [0, 0.05) is 20.5 Å². The molecule has 1 N–H and O–H groups in total. The molecule has 0 aromatic carbocycles. The molecule has 0 radical (unpaired) electrons. The van der Waals surface area contributed by atoms with Crippen LogP contribution in [0.15, 0.2) is 0 Å². The van der Waals surface area contributed by atoms with Gasteiger partial charge in [-0.15, -0.1) is 0 Å². The summed E-state index contributed by atoms with van der Waals surface area (Å²) in [6.07, 6.45) is -0.718. The van der Waals surface area contributed by atoms with Crippen LogP contribution in [-0.2, 0) is 14.6 Å². The first kappa shape index (κ1) is 13.4.